The number of hydrogen-bond donors (Lipinski definition) is 1. The second-order valence-corrected chi connectivity index (χ2v) is 5.59. The van der Waals surface area contributed by atoms with Gasteiger partial charge in [-0.15, -0.1) is 0 Å². The third-order valence-corrected chi connectivity index (χ3v) is 4.18. The lowest BCUT2D eigenvalue weighted by Crippen LogP contribution is -2.31. The smallest absolute Gasteiger partial charge is 0.231 e. The van der Waals surface area contributed by atoms with Gasteiger partial charge in [-0.2, -0.15) is 5.26 Å². The minimum atomic E-state index is -1.59. The Kier molecular flexibility index (Phi) is 3.32. The van der Waals surface area contributed by atoms with Gasteiger partial charge in [0.25, 0.3) is 0 Å². The molecule has 0 saturated carbocycles. The van der Waals surface area contributed by atoms with Crippen LogP contribution in [0.15, 0.2) is 24.3 Å². The number of benzene rings is 2. The minimum absolute atomic E-state index is 0.00181. The highest BCUT2D eigenvalue weighted by Gasteiger charge is 2.39. The topological polar surface area (TPSA) is 75.3 Å². The minimum Gasteiger partial charge on any atom is -0.454 e. The standard InChI is InChI=1S/C17H9F3N2O3/c18-10-1-7(2-11(19)16(10)20)15-8-3-13-14(24-6-23-13)4-12(8)25-17(22)9(15)5-21/h1-4,9,15,22H,6H2. The van der Waals surface area contributed by atoms with Crippen molar-refractivity contribution in [2.75, 3.05) is 6.79 Å². The quantitative estimate of drug-likeness (QED) is 0.802. The van der Waals surface area contributed by atoms with Crippen LogP contribution in [-0.4, -0.2) is 12.7 Å². The van der Waals surface area contributed by atoms with Gasteiger partial charge in [0.1, 0.15) is 11.7 Å². The Hall–Kier alpha value is -3.21. The molecule has 8 heteroatoms. The summed E-state index contributed by atoms with van der Waals surface area (Å²) >= 11 is 0. The highest BCUT2D eigenvalue weighted by atomic mass is 19.2. The lowest BCUT2D eigenvalue weighted by atomic mass is 9.79. The van der Waals surface area contributed by atoms with Gasteiger partial charge in [0.15, 0.2) is 29.0 Å². The van der Waals surface area contributed by atoms with E-state index in [2.05, 4.69) is 0 Å². The van der Waals surface area contributed by atoms with Crippen LogP contribution < -0.4 is 14.2 Å². The average Bonchev–Trinajstić information content (AvgIpc) is 3.03. The van der Waals surface area contributed by atoms with E-state index in [-0.39, 0.29) is 24.0 Å². The average molecular weight is 346 g/mol. The van der Waals surface area contributed by atoms with E-state index in [1.54, 1.807) is 0 Å². The second kappa shape index (κ2) is 5.41. The lowest BCUT2D eigenvalue weighted by Gasteiger charge is -2.30. The molecule has 126 valence electrons. The maximum Gasteiger partial charge on any atom is 0.231 e. The Bertz CT molecular complexity index is 932. The van der Waals surface area contributed by atoms with Crippen LogP contribution in [0.1, 0.15) is 17.0 Å². The summed E-state index contributed by atoms with van der Waals surface area (Å²) in [6.07, 6.45) is 0. The van der Waals surface area contributed by atoms with E-state index < -0.39 is 29.3 Å². The number of nitriles is 1. The fourth-order valence-corrected chi connectivity index (χ4v) is 3.04. The van der Waals surface area contributed by atoms with Gasteiger partial charge in [-0.25, -0.2) is 13.2 Å². The Morgan fingerprint density at radius 2 is 1.64 bits per heavy atom. The highest BCUT2D eigenvalue weighted by Crippen LogP contribution is 2.48. The molecule has 0 amide bonds. The monoisotopic (exact) mass is 346 g/mol. The van der Waals surface area contributed by atoms with Crippen LogP contribution in [0.2, 0.25) is 0 Å². The number of fused-ring (bicyclic) bond motifs is 2. The summed E-state index contributed by atoms with van der Waals surface area (Å²) in [5, 5.41) is 17.3. The zero-order chi connectivity index (χ0) is 17.7. The van der Waals surface area contributed by atoms with E-state index >= 15 is 0 Å². The first-order valence-corrected chi connectivity index (χ1v) is 7.23. The Morgan fingerprint density at radius 1 is 1.00 bits per heavy atom. The van der Waals surface area contributed by atoms with E-state index in [1.807, 2.05) is 6.07 Å². The first-order valence-electron chi connectivity index (χ1n) is 7.23. The van der Waals surface area contributed by atoms with E-state index in [0.717, 1.165) is 12.1 Å². The van der Waals surface area contributed by atoms with Gasteiger partial charge in [0, 0.05) is 17.5 Å². The Labute approximate surface area is 139 Å². The van der Waals surface area contributed by atoms with Crippen LogP contribution in [0, 0.1) is 40.1 Å². The van der Waals surface area contributed by atoms with Crippen molar-refractivity contribution in [3.8, 4) is 23.3 Å². The fourth-order valence-electron chi connectivity index (χ4n) is 3.04. The Morgan fingerprint density at radius 3 is 2.28 bits per heavy atom. The maximum absolute atomic E-state index is 13.7. The number of hydrogen-bond acceptors (Lipinski definition) is 5. The first-order chi connectivity index (χ1) is 12.0. The molecule has 25 heavy (non-hydrogen) atoms. The van der Waals surface area contributed by atoms with Crippen LogP contribution >= 0.6 is 0 Å². The predicted octanol–water partition coefficient (Wildman–Crippen LogP) is 3.47. The number of rotatable bonds is 1. The summed E-state index contributed by atoms with van der Waals surface area (Å²) in [6, 6.07) is 6.57. The molecule has 0 spiro atoms. The number of ether oxygens (including phenoxy) is 3. The first kappa shape index (κ1) is 15.3. The number of nitrogens with one attached hydrogen (secondary N) is 1. The van der Waals surface area contributed by atoms with Crippen molar-refractivity contribution in [1.29, 1.82) is 10.7 Å². The van der Waals surface area contributed by atoms with Gasteiger partial charge >= 0.3 is 0 Å². The van der Waals surface area contributed by atoms with E-state index in [1.165, 1.54) is 12.1 Å². The molecule has 2 aliphatic rings. The molecule has 0 aromatic heterocycles. The predicted molar refractivity (Wildman–Crippen MR) is 78.2 cm³/mol. The molecule has 0 saturated heterocycles. The fraction of sp³-hybridized carbons (Fsp3) is 0.176. The van der Waals surface area contributed by atoms with Crippen molar-refractivity contribution in [2.45, 2.75) is 5.92 Å². The van der Waals surface area contributed by atoms with E-state index in [0.29, 0.717) is 17.1 Å². The molecule has 2 aromatic carbocycles. The van der Waals surface area contributed by atoms with Crippen molar-refractivity contribution < 1.29 is 27.4 Å². The van der Waals surface area contributed by atoms with Gasteiger partial charge in [-0.05, 0) is 23.8 Å². The molecule has 0 aliphatic carbocycles. The summed E-state index contributed by atoms with van der Waals surface area (Å²) in [4.78, 5) is 0. The third-order valence-electron chi connectivity index (χ3n) is 4.18. The summed E-state index contributed by atoms with van der Waals surface area (Å²) < 4.78 is 56.6. The van der Waals surface area contributed by atoms with Crippen molar-refractivity contribution in [3.05, 3.63) is 52.8 Å². The molecule has 2 aliphatic heterocycles. The number of halogens is 3. The maximum atomic E-state index is 13.7. The molecule has 1 N–H and O–H groups in total. The summed E-state index contributed by atoms with van der Waals surface area (Å²) in [7, 11) is 0. The van der Waals surface area contributed by atoms with Gasteiger partial charge in [-0.1, -0.05) is 0 Å². The molecule has 2 aromatic rings. The molecule has 2 heterocycles. The summed E-state index contributed by atoms with van der Waals surface area (Å²) in [5.74, 6) is -5.74. The molecule has 2 atom stereocenters. The largest absolute Gasteiger partial charge is 0.454 e. The molecule has 4 rings (SSSR count). The molecule has 2 unspecified atom stereocenters. The van der Waals surface area contributed by atoms with Crippen molar-refractivity contribution in [2.24, 2.45) is 5.92 Å². The zero-order valence-corrected chi connectivity index (χ0v) is 12.5. The van der Waals surface area contributed by atoms with E-state index in [4.69, 9.17) is 19.6 Å². The van der Waals surface area contributed by atoms with Gasteiger partial charge < -0.3 is 14.2 Å². The number of nitrogens with zero attached hydrogens (tertiary/aromatic N) is 1. The highest BCUT2D eigenvalue weighted by molar-refractivity contribution is 5.85. The molecule has 5 nitrogen and oxygen atoms in total. The second-order valence-electron chi connectivity index (χ2n) is 5.59. The molecule has 0 radical (unpaired) electrons. The van der Waals surface area contributed by atoms with Gasteiger partial charge in [0.2, 0.25) is 12.7 Å². The molecular formula is C17H9F3N2O3. The van der Waals surface area contributed by atoms with Gasteiger partial charge in [-0.3, -0.25) is 5.41 Å². The third kappa shape index (κ3) is 2.28. The molecule has 0 bridgehead atoms. The van der Waals surface area contributed by atoms with E-state index in [9.17, 15) is 18.4 Å². The lowest BCUT2D eigenvalue weighted by molar-refractivity contribution is 0.174. The summed E-state index contributed by atoms with van der Waals surface area (Å²) in [5.41, 5.74) is 0.424. The zero-order valence-electron chi connectivity index (χ0n) is 12.5. The molecular weight excluding hydrogens is 337 g/mol. The Balaban J connectivity index is 1.94. The normalized spacial score (nSPS) is 20.6. The van der Waals surface area contributed by atoms with Crippen molar-refractivity contribution in [1.82, 2.24) is 0 Å². The SMILES string of the molecule is N#CC1C(=N)Oc2cc3c(cc2C1c1cc(F)c(F)c(F)c1)OCO3. The van der Waals surface area contributed by atoms with Crippen LogP contribution in [0.3, 0.4) is 0 Å². The van der Waals surface area contributed by atoms with Crippen LogP contribution in [0.5, 0.6) is 17.2 Å². The summed E-state index contributed by atoms with van der Waals surface area (Å²) in [6.45, 7) is 0.00181. The van der Waals surface area contributed by atoms with Gasteiger partial charge in [0.05, 0.1) is 6.07 Å². The van der Waals surface area contributed by atoms with Crippen molar-refractivity contribution >= 4 is 5.90 Å². The van der Waals surface area contributed by atoms with Crippen LogP contribution in [-0.2, 0) is 0 Å². The van der Waals surface area contributed by atoms with Crippen LogP contribution in [0.25, 0.3) is 0 Å². The van der Waals surface area contributed by atoms with Crippen LogP contribution in [0.4, 0.5) is 13.2 Å². The molecule has 0 fully saturated rings. The van der Waals surface area contributed by atoms with Crippen molar-refractivity contribution in [3.63, 3.8) is 0 Å².